The van der Waals surface area contributed by atoms with E-state index in [1.54, 1.807) is 43.3 Å². The number of carbonyl (C=O) groups excluding carboxylic acids is 2. The normalized spacial score (nSPS) is 10.3. The number of halogens is 2. The Morgan fingerprint density at radius 1 is 1.17 bits per heavy atom. The van der Waals surface area contributed by atoms with Crippen molar-refractivity contribution in [1.29, 1.82) is 0 Å². The summed E-state index contributed by atoms with van der Waals surface area (Å²) >= 11 is 11.9. The van der Waals surface area contributed by atoms with E-state index < -0.39 is 5.91 Å². The minimum atomic E-state index is -0.431. The fourth-order valence-corrected chi connectivity index (χ4v) is 2.49. The Labute approximate surface area is 149 Å². The predicted molar refractivity (Wildman–Crippen MR) is 94.4 cm³/mol. The Kier molecular flexibility index (Phi) is 6.06. The molecule has 5 nitrogen and oxygen atoms in total. The minimum Gasteiger partial charge on any atom is -0.485 e. The van der Waals surface area contributed by atoms with Crippen LogP contribution in [0.25, 0.3) is 0 Å². The Balaban J connectivity index is 2.02. The van der Waals surface area contributed by atoms with Gasteiger partial charge >= 0.3 is 0 Å². The lowest BCUT2D eigenvalue weighted by Gasteiger charge is -2.11. The molecule has 3 N–H and O–H groups in total. The molecule has 2 amide bonds. The molecule has 0 aliphatic heterocycles. The van der Waals surface area contributed by atoms with Crippen molar-refractivity contribution < 1.29 is 14.3 Å². The molecule has 2 rings (SSSR count). The van der Waals surface area contributed by atoms with Gasteiger partial charge in [0.25, 0.3) is 5.91 Å². The number of hydrogen-bond acceptors (Lipinski definition) is 4. The standard InChI is InChI=1S/C17H16Cl2N2O3/c1-2-15(22)21-17(23)11-5-3-10(4-6-11)9-24-16-13(19)7-12(18)8-14(16)20/h3-8H,2,9,20H2,1H3,(H,21,22,23). The Hall–Kier alpha value is -2.24. The summed E-state index contributed by atoms with van der Waals surface area (Å²) in [6, 6.07) is 9.79. The smallest absolute Gasteiger partial charge is 0.257 e. The summed E-state index contributed by atoms with van der Waals surface area (Å²) in [6.45, 7) is 1.90. The second-order valence-electron chi connectivity index (χ2n) is 5.02. The van der Waals surface area contributed by atoms with Crippen molar-refractivity contribution in [2.75, 3.05) is 5.73 Å². The maximum atomic E-state index is 11.8. The van der Waals surface area contributed by atoms with Gasteiger partial charge in [-0.05, 0) is 29.8 Å². The molecule has 0 aliphatic rings. The summed E-state index contributed by atoms with van der Waals surface area (Å²) in [4.78, 5) is 23.0. The highest BCUT2D eigenvalue weighted by Gasteiger charge is 2.10. The van der Waals surface area contributed by atoms with E-state index in [1.165, 1.54) is 0 Å². The van der Waals surface area contributed by atoms with Crippen LogP contribution in [0, 0.1) is 0 Å². The first-order valence-electron chi connectivity index (χ1n) is 7.21. The molecule has 0 aromatic heterocycles. The fraction of sp³-hybridized carbons (Fsp3) is 0.176. The molecule has 0 spiro atoms. The van der Waals surface area contributed by atoms with Gasteiger partial charge in [-0.2, -0.15) is 0 Å². The summed E-state index contributed by atoms with van der Waals surface area (Å²) < 4.78 is 5.62. The van der Waals surface area contributed by atoms with Gasteiger partial charge in [0.2, 0.25) is 5.91 Å². The van der Waals surface area contributed by atoms with Crippen LogP contribution in [0.1, 0.15) is 29.3 Å². The molecule has 7 heteroatoms. The highest BCUT2D eigenvalue weighted by Crippen LogP contribution is 2.34. The first kappa shape index (κ1) is 18.1. The lowest BCUT2D eigenvalue weighted by Crippen LogP contribution is -2.29. The molecule has 0 aliphatic carbocycles. The molecule has 0 bridgehead atoms. The number of nitrogen functional groups attached to an aromatic ring is 1. The van der Waals surface area contributed by atoms with E-state index in [1.807, 2.05) is 0 Å². The minimum absolute atomic E-state index is 0.224. The summed E-state index contributed by atoms with van der Waals surface area (Å²) in [5.74, 6) is -0.393. The van der Waals surface area contributed by atoms with Crippen molar-refractivity contribution in [3.63, 3.8) is 0 Å². The van der Waals surface area contributed by atoms with Gasteiger partial charge in [-0.25, -0.2) is 0 Å². The van der Waals surface area contributed by atoms with E-state index in [0.29, 0.717) is 27.0 Å². The third-order valence-corrected chi connectivity index (χ3v) is 3.71. The first-order valence-corrected chi connectivity index (χ1v) is 7.96. The van der Waals surface area contributed by atoms with Crippen LogP contribution < -0.4 is 15.8 Å². The highest BCUT2D eigenvalue weighted by molar-refractivity contribution is 6.36. The number of anilines is 1. The number of nitrogens with one attached hydrogen (secondary N) is 1. The van der Waals surface area contributed by atoms with Gasteiger partial charge in [-0.3, -0.25) is 14.9 Å². The number of imide groups is 1. The third-order valence-electron chi connectivity index (χ3n) is 3.21. The monoisotopic (exact) mass is 366 g/mol. The zero-order chi connectivity index (χ0) is 17.7. The van der Waals surface area contributed by atoms with E-state index in [-0.39, 0.29) is 18.9 Å². The second kappa shape index (κ2) is 8.04. The molecule has 0 saturated heterocycles. The summed E-state index contributed by atoms with van der Waals surface area (Å²) in [5, 5.41) is 3.05. The predicted octanol–water partition coefficient (Wildman–Crippen LogP) is 3.82. The zero-order valence-corrected chi connectivity index (χ0v) is 14.4. The number of benzene rings is 2. The van der Waals surface area contributed by atoms with Crippen LogP contribution in [0.3, 0.4) is 0 Å². The lowest BCUT2D eigenvalue weighted by atomic mass is 10.1. The van der Waals surface area contributed by atoms with Crippen LogP contribution in [-0.4, -0.2) is 11.8 Å². The SMILES string of the molecule is CCC(=O)NC(=O)c1ccc(COc2c(N)cc(Cl)cc2Cl)cc1. The molecule has 2 aromatic carbocycles. The maximum absolute atomic E-state index is 11.8. The summed E-state index contributed by atoms with van der Waals surface area (Å²) in [5.41, 5.74) is 7.39. The molecule has 2 aromatic rings. The van der Waals surface area contributed by atoms with E-state index in [4.69, 9.17) is 33.7 Å². The Morgan fingerprint density at radius 2 is 1.83 bits per heavy atom. The molecule has 0 saturated carbocycles. The van der Waals surface area contributed by atoms with Gasteiger partial charge in [-0.15, -0.1) is 0 Å². The lowest BCUT2D eigenvalue weighted by molar-refractivity contribution is -0.119. The van der Waals surface area contributed by atoms with Crippen LogP contribution in [0.4, 0.5) is 5.69 Å². The van der Waals surface area contributed by atoms with Crippen molar-refractivity contribution in [3.8, 4) is 5.75 Å². The van der Waals surface area contributed by atoms with Crippen molar-refractivity contribution in [3.05, 3.63) is 57.6 Å². The van der Waals surface area contributed by atoms with Crippen molar-refractivity contribution in [2.45, 2.75) is 20.0 Å². The topological polar surface area (TPSA) is 81.4 Å². The van der Waals surface area contributed by atoms with Gasteiger partial charge < -0.3 is 10.5 Å². The van der Waals surface area contributed by atoms with E-state index >= 15 is 0 Å². The number of ether oxygens (including phenoxy) is 1. The molecule has 0 heterocycles. The average Bonchev–Trinajstić information content (AvgIpc) is 2.54. The highest BCUT2D eigenvalue weighted by atomic mass is 35.5. The number of rotatable bonds is 5. The van der Waals surface area contributed by atoms with Crippen LogP contribution in [0.5, 0.6) is 5.75 Å². The second-order valence-corrected chi connectivity index (χ2v) is 5.87. The zero-order valence-electron chi connectivity index (χ0n) is 12.9. The maximum Gasteiger partial charge on any atom is 0.257 e. The summed E-state index contributed by atoms with van der Waals surface area (Å²) in [7, 11) is 0. The number of amides is 2. The fourth-order valence-electron chi connectivity index (χ4n) is 1.93. The van der Waals surface area contributed by atoms with Gasteiger partial charge in [-0.1, -0.05) is 42.3 Å². The molecule has 0 unspecified atom stereocenters. The van der Waals surface area contributed by atoms with Crippen LogP contribution in [-0.2, 0) is 11.4 Å². The largest absolute Gasteiger partial charge is 0.485 e. The van der Waals surface area contributed by atoms with Crippen LogP contribution in [0.2, 0.25) is 10.0 Å². The molecule has 126 valence electrons. The quantitative estimate of drug-likeness (QED) is 0.788. The van der Waals surface area contributed by atoms with E-state index in [0.717, 1.165) is 5.56 Å². The molecule has 0 fully saturated rings. The number of hydrogen-bond donors (Lipinski definition) is 2. The van der Waals surface area contributed by atoms with Crippen molar-refractivity contribution >= 4 is 40.7 Å². The van der Waals surface area contributed by atoms with E-state index in [9.17, 15) is 9.59 Å². The van der Waals surface area contributed by atoms with Gasteiger partial charge in [0.05, 0.1) is 10.7 Å². The van der Waals surface area contributed by atoms with E-state index in [2.05, 4.69) is 5.32 Å². The van der Waals surface area contributed by atoms with Crippen LogP contribution in [0.15, 0.2) is 36.4 Å². The molecule has 24 heavy (non-hydrogen) atoms. The summed E-state index contributed by atoms with van der Waals surface area (Å²) in [6.07, 6.45) is 0.251. The molecule has 0 atom stereocenters. The Morgan fingerprint density at radius 3 is 2.42 bits per heavy atom. The average molecular weight is 367 g/mol. The van der Waals surface area contributed by atoms with Gasteiger partial charge in [0.1, 0.15) is 6.61 Å². The first-order chi connectivity index (χ1) is 11.4. The molecular weight excluding hydrogens is 351 g/mol. The number of carbonyl (C=O) groups is 2. The van der Waals surface area contributed by atoms with Gasteiger partial charge in [0, 0.05) is 17.0 Å². The van der Waals surface area contributed by atoms with Crippen molar-refractivity contribution in [1.82, 2.24) is 5.32 Å². The third kappa shape index (κ3) is 4.63. The molecular formula is C17H16Cl2N2O3. The molecule has 0 radical (unpaired) electrons. The van der Waals surface area contributed by atoms with Crippen LogP contribution >= 0.6 is 23.2 Å². The number of nitrogens with two attached hydrogens (primary N) is 1. The van der Waals surface area contributed by atoms with Gasteiger partial charge in [0.15, 0.2) is 5.75 Å². The Bertz CT molecular complexity index is 738. The van der Waals surface area contributed by atoms with Crippen molar-refractivity contribution in [2.24, 2.45) is 0 Å².